The SMILES string of the molecule is C\C=C(/C=C\C=C\CC)c1ccc(C)cc1C. The van der Waals surface area contributed by atoms with Crippen molar-refractivity contribution in [2.75, 3.05) is 0 Å². The zero-order valence-electron chi connectivity index (χ0n) is 11.3. The fraction of sp³-hybridized carbons (Fsp3) is 0.294. The van der Waals surface area contributed by atoms with E-state index in [-0.39, 0.29) is 0 Å². The molecule has 0 amide bonds. The van der Waals surface area contributed by atoms with Crippen LogP contribution in [0.4, 0.5) is 0 Å². The molecular weight excluding hydrogens is 204 g/mol. The molecule has 0 aliphatic rings. The van der Waals surface area contributed by atoms with E-state index in [1.54, 1.807) is 0 Å². The van der Waals surface area contributed by atoms with Crippen molar-refractivity contribution in [2.24, 2.45) is 0 Å². The maximum atomic E-state index is 2.23. The van der Waals surface area contributed by atoms with Gasteiger partial charge in [0.25, 0.3) is 0 Å². The molecule has 0 heterocycles. The van der Waals surface area contributed by atoms with Crippen molar-refractivity contribution in [3.8, 4) is 0 Å². The zero-order valence-corrected chi connectivity index (χ0v) is 11.3. The molecule has 1 aromatic carbocycles. The summed E-state index contributed by atoms with van der Waals surface area (Å²) in [6.45, 7) is 8.53. The van der Waals surface area contributed by atoms with Gasteiger partial charge in [-0.25, -0.2) is 0 Å². The topological polar surface area (TPSA) is 0 Å². The van der Waals surface area contributed by atoms with Gasteiger partial charge in [0.05, 0.1) is 0 Å². The molecule has 0 bridgehead atoms. The quantitative estimate of drug-likeness (QED) is 0.617. The molecule has 0 aliphatic carbocycles. The highest BCUT2D eigenvalue weighted by molar-refractivity contribution is 5.76. The predicted molar refractivity (Wildman–Crippen MR) is 78.1 cm³/mol. The lowest BCUT2D eigenvalue weighted by molar-refractivity contribution is 1.22. The van der Waals surface area contributed by atoms with E-state index in [1.165, 1.54) is 22.3 Å². The van der Waals surface area contributed by atoms with Gasteiger partial charge in [-0.05, 0) is 43.9 Å². The third-order valence-corrected chi connectivity index (χ3v) is 2.76. The summed E-state index contributed by atoms with van der Waals surface area (Å²) in [5, 5.41) is 0. The fourth-order valence-corrected chi connectivity index (χ4v) is 1.85. The molecule has 0 atom stereocenters. The average Bonchev–Trinajstić information content (AvgIpc) is 2.31. The van der Waals surface area contributed by atoms with Crippen molar-refractivity contribution in [2.45, 2.75) is 34.1 Å². The lowest BCUT2D eigenvalue weighted by atomic mass is 9.98. The predicted octanol–water partition coefficient (Wildman–Crippen LogP) is 5.23. The van der Waals surface area contributed by atoms with E-state index in [9.17, 15) is 0 Å². The standard InChI is InChI=1S/C17H22/c1-5-7-8-9-10-16(6-2)17-12-11-14(3)13-15(17)4/h6-13H,5H2,1-4H3/b8-7+,10-9-,16-6+. The highest BCUT2D eigenvalue weighted by Gasteiger charge is 2.00. The summed E-state index contributed by atoms with van der Waals surface area (Å²) in [6.07, 6.45) is 11.8. The second-order valence-electron chi connectivity index (χ2n) is 4.26. The Labute approximate surface area is 105 Å². The van der Waals surface area contributed by atoms with E-state index in [0.29, 0.717) is 0 Å². The molecule has 0 radical (unpaired) electrons. The van der Waals surface area contributed by atoms with Crippen LogP contribution < -0.4 is 0 Å². The summed E-state index contributed by atoms with van der Waals surface area (Å²) in [6, 6.07) is 6.60. The molecule has 1 rings (SSSR count). The molecule has 0 heteroatoms. The van der Waals surface area contributed by atoms with Crippen LogP contribution in [0.3, 0.4) is 0 Å². The smallest absolute Gasteiger partial charge is 0.0158 e. The molecule has 0 saturated carbocycles. The van der Waals surface area contributed by atoms with Gasteiger partial charge in [-0.1, -0.05) is 61.1 Å². The molecule has 0 nitrogen and oxygen atoms in total. The Balaban J connectivity index is 2.95. The summed E-state index contributed by atoms with van der Waals surface area (Å²) < 4.78 is 0. The number of allylic oxidation sites excluding steroid dienone is 6. The third kappa shape index (κ3) is 4.07. The van der Waals surface area contributed by atoms with Crippen molar-refractivity contribution < 1.29 is 0 Å². The molecule has 0 unspecified atom stereocenters. The van der Waals surface area contributed by atoms with Gasteiger partial charge in [0, 0.05) is 0 Å². The lowest BCUT2D eigenvalue weighted by Gasteiger charge is -2.07. The number of aryl methyl sites for hydroxylation is 2. The zero-order chi connectivity index (χ0) is 12.7. The second kappa shape index (κ2) is 6.90. The van der Waals surface area contributed by atoms with Crippen LogP contribution in [0, 0.1) is 13.8 Å². The average molecular weight is 226 g/mol. The van der Waals surface area contributed by atoms with Crippen LogP contribution in [-0.2, 0) is 0 Å². The molecular formula is C17H22. The fourth-order valence-electron chi connectivity index (χ4n) is 1.85. The third-order valence-electron chi connectivity index (χ3n) is 2.76. The maximum Gasteiger partial charge on any atom is -0.0158 e. The summed E-state index contributed by atoms with van der Waals surface area (Å²) in [7, 11) is 0. The highest BCUT2D eigenvalue weighted by Crippen LogP contribution is 2.21. The Morgan fingerprint density at radius 2 is 1.94 bits per heavy atom. The summed E-state index contributed by atoms with van der Waals surface area (Å²) in [5.74, 6) is 0. The monoisotopic (exact) mass is 226 g/mol. The molecule has 0 spiro atoms. The summed E-state index contributed by atoms with van der Waals surface area (Å²) >= 11 is 0. The minimum absolute atomic E-state index is 1.08. The highest BCUT2D eigenvalue weighted by atomic mass is 14.1. The van der Waals surface area contributed by atoms with Crippen molar-refractivity contribution >= 4 is 5.57 Å². The van der Waals surface area contributed by atoms with Gasteiger partial charge in [0.15, 0.2) is 0 Å². The first-order chi connectivity index (χ1) is 8.19. The number of rotatable bonds is 4. The number of hydrogen-bond acceptors (Lipinski definition) is 0. The molecule has 0 fully saturated rings. The van der Waals surface area contributed by atoms with Crippen molar-refractivity contribution in [1.29, 1.82) is 0 Å². The molecule has 0 aliphatic heterocycles. The van der Waals surface area contributed by atoms with E-state index in [0.717, 1.165) is 6.42 Å². The van der Waals surface area contributed by atoms with Gasteiger partial charge in [0.2, 0.25) is 0 Å². The van der Waals surface area contributed by atoms with Crippen LogP contribution in [-0.4, -0.2) is 0 Å². The largest absolute Gasteiger partial charge is 0.0848 e. The van der Waals surface area contributed by atoms with E-state index in [4.69, 9.17) is 0 Å². The molecule has 0 saturated heterocycles. The van der Waals surface area contributed by atoms with E-state index < -0.39 is 0 Å². The van der Waals surface area contributed by atoms with Gasteiger partial charge in [-0.3, -0.25) is 0 Å². The molecule has 17 heavy (non-hydrogen) atoms. The summed E-state index contributed by atoms with van der Waals surface area (Å²) in [4.78, 5) is 0. The van der Waals surface area contributed by atoms with Gasteiger partial charge in [-0.15, -0.1) is 0 Å². The Hall–Kier alpha value is -1.56. The minimum Gasteiger partial charge on any atom is -0.0848 e. The first-order valence-electron chi connectivity index (χ1n) is 6.26. The molecule has 90 valence electrons. The molecule has 0 N–H and O–H groups in total. The van der Waals surface area contributed by atoms with Crippen LogP contribution in [0.25, 0.3) is 5.57 Å². The van der Waals surface area contributed by atoms with Crippen molar-refractivity contribution in [3.63, 3.8) is 0 Å². The molecule has 0 aromatic heterocycles. The maximum absolute atomic E-state index is 2.23. The lowest BCUT2D eigenvalue weighted by Crippen LogP contribution is -1.87. The van der Waals surface area contributed by atoms with E-state index >= 15 is 0 Å². The number of benzene rings is 1. The van der Waals surface area contributed by atoms with E-state index in [2.05, 4.69) is 76.3 Å². The first-order valence-corrected chi connectivity index (χ1v) is 6.26. The summed E-state index contributed by atoms with van der Waals surface area (Å²) in [5.41, 5.74) is 5.25. The van der Waals surface area contributed by atoms with Crippen LogP contribution in [0.1, 0.15) is 37.0 Å². The van der Waals surface area contributed by atoms with Gasteiger partial charge < -0.3 is 0 Å². The van der Waals surface area contributed by atoms with Gasteiger partial charge in [-0.2, -0.15) is 0 Å². The Bertz CT molecular complexity index is 445. The normalized spacial score (nSPS) is 12.8. The Morgan fingerprint density at radius 1 is 1.18 bits per heavy atom. The molecule has 1 aromatic rings. The van der Waals surface area contributed by atoms with Crippen molar-refractivity contribution in [1.82, 2.24) is 0 Å². The van der Waals surface area contributed by atoms with Crippen LogP contribution in [0.15, 0.2) is 48.6 Å². The van der Waals surface area contributed by atoms with Crippen molar-refractivity contribution in [3.05, 3.63) is 65.3 Å². The second-order valence-corrected chi connectivity index (χ2v) is 4.26. The van der Waals surface area contributed by atoms with Crippen LogP contribution in [0.2, 0.25) is 0 Å². The Morgan fingerprint density at radius 3 is 2.53 bits per heavy atom. The van der Waals surface area contributed by atoms with Crippen LogP contribution >= 0.6 is 0 Å². The van der Waals surface area contributed by atoms with Crippen LogP contribution in [0.5, 0.6) is 0 Å². The minimum atomic E-state index is 1.08. The van der Waals surface area contributed by atoms with Gasteiger partial charge >= 0.3 is 0 Å². The van der Waals surface area contributed by atoms with E-state index in [1.807, 2.05) is 0 Å². The number of hydrogen-bond donors (Lipinski definition) is 0. The Kier molecular flexibility index (Phi) is 5.48. The van der Waals surface area contributed by atoms with Gasteiger partial charge in [0.1, 0.15) is 0 Å². The first kappa shape index (κ1) is 13.5.